The summed E-state index contributed by atoms with van der Waals surface area (Å²) >= 11 is 0. The highest BCUT2D eigenvalue weighted by Gasteiger charge is 2.05. The molecule has 0 fully saturated rings. The first kappa shape index (κ1) is 16.6. The maximum absolute atomic E-state index is 11.4. The van der Waals surface area contributed by atoms with Crippen molar-refractivity contribution in [2.75, 3.05) is 40.6 Å². The van der Waals surface area contributed by atoms with Crippen molar-refractivity contribution in [2.45, 2.75) is 13.0 Å². The molecule has 0 aliphatic carbocycles. The second-order valence-electron chi connectivity index (χ2n) is 4.20. The van der Waals surface area contributed by atoms with Crippen LogP contribution in [-0.2, 0) is 25.6 Å². The molecule has 0 N–H and O–H groups in total. The zero-order valence-corrected chi connectivity index (χ0v) is 12.1. The number of hydrogen-bond donors (Lipinski definition) is 0. The molecule has 5 nitrogen and oxygen atoms in total. The van der Waals surface area contributed by atoms with Gasteiger partial charge in [0, 0.05) is 20.3 Å². The van der Waals surface area contributed by atoms with Gasteiger partial charge in [-0.1, -0.05) is 12.1 Å². The van der Waals surface area contributed by atoms with Gasteiger partial charge in [0.1, 0.15) is 0 Å². The molecular formula is C15H22O5. The van der Waals surface area contributed by atoms with Crippen molar-refractivity contribution < 1.29 is 23.7 Å². The van der Waals surface area contributed by atoms with E-state index in [0.29, 0.717) is 38.6 Å². The van der Waals surface area contributed by atoms with Crippen LogP contribution in [0.15, 0.2) is 24.3 Å². The van der Waals surface area contributed by atoms with E-state index in [9.17, 15) is 4.79 Å². The summed E-state index contributed by atoms with van der Waals surface area (Å²) in [6.45, 7) is 2.97. The number of ether oxygens (including phenoxy) is 4. The van der Waals surface area contributed by atoms with Crippen molar-refractivity contribution in [1.82, 2.24) is 0 Å². The fourth-order valence-electron chi connectivity index (χ4n) is 1.60. The fraction of sp³-hybridized carbons (Fsp3) is 0.533. The lowest BCUT2D eigenvalue weighted by molar-refractivity contribution is 0.0483. The molecule has 0 atom stereocenters. The molecular weight excluding hydrogens is 260 g/mol. The number of rotatable bonds is 10. The van der Waals surface area contributed by atoms with E-state index in [1.807, 2.05) is 12.1 Å². The molecule has 1 aromatic rings. The molecule has 5 heteroatoms. The minimum atomic E-state index is -0.335. The second-order valence-corrected chi connectivity index (χ2v) is 4.20. The highest BCUT2D eigenvalue weighted by atomic mass is 16.5. The first-order chi connectivity index (χ1) is 9.77. The van der Waals surface area contributed by atoms with Crippen molar-refractivity contribution in [2.24, 2.45) is 0 Å². The minimum Gasteiger partial charge on any atom is -0.465 e. The lowest BCUT2D eigenvalue weighted by atomic mass is 10.1. The van der Waals surface area contributed by atoms with Crippen LogP contribution in [0.4, 0.5) is 0 Å². The van der Waals surface area contributed by atoms with E-state index in [0.717, 1.165) is 12.0 Å². The van der Waals surface area contributed by atoms with Crippen molar-refractivity contribution >= 4 is 5.97 Å². The van der Waals surface area contributed by atoms with E-state index < -0.39 is 0 Å². The predicted molar refractivity (Wildman–Crippen MR) is 74.7 cm³/mol. The van der Waals surface area contributed by atoms with Gasteiger partial charge in [-0.05, 0) is 24.1 Å². The molecule has 0 aromatic heterocycles. The van der Waals surface area contributed by atoms with E-state index in [2.05, 4.69) is 4.74 Å². The summed E-state index contributed by atoms with van der Waals surface area (Å²) in [6, 6.07) is 7.24. The van der Waals surface area contributed by atoms with Crippen molar-refractivity contribution in [3.63, 3.8) is 0 Å². The summed E-state index contributed by atoms with van der Waals surface area (Å²) in [5.74, 6) is -0.335. The van der Waals surface area contributed by atoms with Crippen LogP contribution in [0.25, 0.3) is 0 Å². The summed E-state index contributed by atoms with van der Waals surface area (Å²) < 4.78 is 20.4. The first-order valence-electron chi connectivity index (χ1n) is 6.59. The van der Waals surface area contributed by atoms with Crippen LogP contribution in [-0.4, -0.2) is 46.6 Å². The standard InChI is InChI=1S/C15H22O5/c1-17-9-10-19-7-4-8-20-12-13-5-3-6-14(11-13)15(16)18-2/h3,5-6,11H,4,7-10,12H2,1-2H3. The van der Waals surface area contributed by atoms with E-state index >= 15 is 0 Å². The summed E-state index contributed by atoms with van der Waals surface area (Å²) in [6.07, 6.45) is 0.834. The number of benzene rings is 1. The quantitative estimate of drug-likeness (QED) is 0.485. The SMILES string of the molecule is COCCOCCCOCc1cccc(C(=O)OC)c1. The molecule has 0 saturated carbocycles. The third-order valence-electron chi connectivity index (χ3n) is 2.63. The molecule has 0 amide bonds. The van der Waals surface area contributed by atoms with Crippen molar-refractivity contribution in [1.29, 1.82) is 0 Å². The molecule has 0 bridgehead atoms. The van der Waals surface area contributed by atoms with Gasteiger partial charge in [0.25, 0.3) is 0 Å². The van der Waals surface area contributed by atoms with Gasteiger partial charge in [-0.3, -0.25) is 0 Å². The topological polar surface area (TPSA) is 54.0 Å². The Morgan fingerprint density at radius 2 is 1.85 bits per heavy atom. The molecule has 0 unspecified atom stereocenters. The van der Waals surface area contributed by atoms with Crippen LogP contribution >= 0.6 is 0 Å². The fourth-order valence-corrected chi connectivity index (χ4v) is 1.60. The number of carbonyl (C=O) groups excluding carboxylic acids is 1. The summed E-state index contributed by atoms with van der Waals surface area (Å²) in [5, 5.41) is 0. The number of hydrogen-bond acceptors (Lipinski definition) is 5. The number of methoxy groups -OCH3 is 2. The maximum atomic E-state index is 11.4. The third-order valence-corrected chi connectivity index (χ3v) is 2.63. The molecule has 1 aromatic carbocycles. The first-order valence-corrected chi connectivity index (χ1v) is 6.59. The Hall–Kier alpha value is -1.43. The Morgan fingerprint density at radius 3 is 2.60 bits per heavy atom. The van der Waals surface area contributed by atoms with E-state index in [1.165, 1.54) is 7.11 Å². The van der Waals surface area contributed by atoms with Gasteiger partial charge in [0.15, 0.2) is 0 Å². The van der Waals surface area contributed by atoms with Gasteiger partial charge in [0.05, 0.1) is 32.5 Å². The van der Waals surface area contributed by atoms with E-state index in [1.54, 1.807) is 19.2 Å². The van der Waals surface area contributed by atoms with Crippen LogP contribution in [0.2, 0.25) is 0 Å². The molecule has 0 heterocycles. The molecule has 20 heavy (non-hydrogen) atoms. The van der Waals surface area contributed by atoms with E-state index in [-0.39, 0.29) is 5.97 Å². The van der Waals surface area contributed by atoms with Gasteiger partial charge in [-0.25, -0.2) is 4.79 Å². The van der Waals surface area contributed by atoms with Gasteiger partial charge < -0.3 is 18.9 Å². The van der Waals surface area contributed by atoms with E-state index in [4.69, 9.17) is 14.2 Å². The largest absolute Gasteiger partial charge is 0.465 e. The Labute approximate surface area is 119 Å². The normalized spacial score (nSPS) is 10.5. The molecule has 0 radical (unpaired) electrons. The van der Waals surface area contributed by atoms with Crippen molar-refractivity contribution in [3.8, 4) is 0 Å². The molecule has 0 saturated heterocycles. The number of esters is 1. The van der Waals surface area contributed by atoms with Gasteiger partial charge in [0.2, 0.25) is 0 Å². The minimum absolute atomic E-state index is 0.335. The zero-order chi connectivity index (χ0) is 14.6. The Balaban J connectivity index is 2.17. The maximum Gasteiger partial charge on any atom is 0.337 e. The molecule has 0 aliphatic rings. The van der Waals surface area contributed by atoms with Crippen LogP contribution in [0, 0.1) is 0 Å². The monoisotopic (exact) mass is 282 g/mol. The Kier molecular flexibility index (Phi) is 8.62. The summed E-state index contributed by atoms with van der Waals surface area (Å²) in [5.41, 5.74) is 1.49. The van der Waals surface area contributed by atoms with Crippen LogP contribution < -0.4 is 0 Å². The average Bonchev–Trinajstić information content (AvgIpc) is 2.49. The second kappa shape index (κ2) is 10.4. The molecule has 1 rings (SSSR count). The summed E-state index contributed by atoms with van der Waals surface area (Å²) in [4.78, 5) is 11.4. The van der Waals surface area contributed by atoms with Crippen LogP contribution in [0.5, 0.6) is 0 Å². The Morgan fingerprint density at radius 1 is 1.05 bits per heavy atom. The highest BCUT2D eigenvalue weighted by molar-refractivity contribution is 5.89. The average molecular weight is 282 g/mol. The van der Waals surface area contributed by atoms with Crippen LogP contribution in [0.1, 0.15) is 22.3 Å². The lowest BCUT2D eigenvalue weighted by Gasteiger charge is -2.06. The van der Waals surface area contributed by atoms with Crippen molar-refractivity contribution in [3.05, 3.63) is 35.4 Å². The molecule has 0 aliphatic heterocycles. The third kappa shape index (κ3) is 6.65. The zero-order valence-electron chi connectivity index (χ0n) is 12.1. The van der Waals surface area contributed by atoms with Gasteiger partial charge in [-0.15, -0.1) is 0 Å². The van der Waals surface area contributed by atoms with Crippen LogP contribution in [0.3, 0.4) is 0 Å². The van der Waals surface area contributed by atoms with Gasteiger partial charge in [-0.2, -0.15) is 0 Å². The number of carbonyl (C=O) groups is 1. The predicted octanol–water partition coefficient (Wildman–Crippen LogP) is 2.04. The highest BCUT2D eigenvalue weighted by Crippen LogP contribution is 2.08. The smallest absolute Gasteiger partial charge is 0.337 e. The lowest BCUT2D eigenvalue weighted by Crippen LogP contribution is -2.06. The molecule has 0 spiro atoms. The molecule has 112 valence electrons. The summed E-state index contributed by atoms with van der Waals surface area (Å²) in [7, 11) is 3.02. The Bertz CT molecular complexity index is 392. The van der Waals surface area contributed by atoms with Gasteiger partial charge >= 0.3 is 5.97 Å².